The fourth-order valence-corrected chi connectivity index (χ4v) is 3.63. The second-order valence-corrected chi connectivity index (χ2v) is 7.26. The molecule has 1 amide bonds. The van der Waals surface area contributed by atoms with Crippen LogP contribution in [0.5, 0.6) is 5.75 Å². The lowest BCUT2D eigenvalue weighted by atomic mass is 9.99. The number of fused-ring (bicyclic) bond motifs is 1. The summed E-state index contributed by atoms with van der Waals surface area (Å²) in [5.41, 5.74) is 2.63. The molecule has 2 aromatic carbocycles. The van der Waals surface area contributed by atoms with Gasteiger partial charge in [-0.05, 0) is 48.1 Å². The fraction of sp³-hybridized carbons (Fsp3) is 0.333. The van der Waals surface area contributed by atoms with Gasteiger partial charge in [0.15, 0.2) is 0 Å². The van der Waals surface area contributed by atoms with E-state index in [0.717, 1.165) is 53.7 Å². The number of carbonyl (C=O) groups excluding carboxylic acids is 1. The van der Waals surface area contributed by atoms with E-state index in [9.17, 15) is 4.79 Å². The average molecular weight is 443 g/mol. The minimum atomic E-state index is -0.105. The zero-order valence-corrected chi connectivity index (χ0v) is 18.3. The molecular weight excluding hydrogens is 416 g/mol. The smallest absolute Gasteiger partial charge is 0.251 e. The Morgan fingerprint density at radius 1 is 1.10 bits per heavy atom. The highest BCUT2D eigenvalue weighted by molar-refractivity contribution is 6.02. The van der Waals surface area contributed by atoms with E-state index in [2.05, 4.69) is 10.3 Å². The Morgan fingerprint density at radius 3 is 2.61 bits per heavy atom. The van der Waals surface area contributed by atoms with Gasteiger partial charge in [-0.15, -0.1) is 12.4 Å². The van der Waals surface area contributed by atoms with Gasteiger partial charge in [0.1, 0.15) is 12.4 Å². The van der Waals surface area contributed by atoms with Crippen LogP contribution in [0.25, 0.3) is 21.9 Å². The number of halogens is 1. The van der Waals surface area contributed by atoms with Gasteiger partial charge in [-0.1, -0.05) is 18.2 Å². The molecular formula is C24H27ClN2O4. The molecule has 164 valence electrons. The summed E-state index contributed by atoms with van der Waals surface area (Å²) >= 11 is 0. The predicted octanol–water partition coefficient (Wildman–Crippen LogP) is 4.26. The fourth-order valence-electron chi connectivity index (χ4n) is 3.63. The molecule has 6 nitrogen and oxygen atoms in total. The highest BCUT2D eigenvalue weighted by atomic mass is 35.5. The molecule has 0 atom stereocenters. The highest BCUT2D eigenvalue weighted by Gasteiger charge is 2.14. The molecule has 1 aromatic heterocycles. The van der Waals surface area contributed by atoms with Crippen LogP contribution < -0.4 is 10.1 Å². The first-order valence-corrected chi connectivity index (χ1v) is 10.3. The topological polar surface area (TPSA) is 69.7 Å². The summed E-state index contributed by atoms with van der Waals surface area (Å²) < 4.78 is 17.0. The van der Waals surface area contributed by atoms with Crippen LogP contribution in [0.15, 0.2) is 54.9 Å². The van der Waals surface area contributed by atoms with Crippen molar-refractivity contribution in [1.29, 1.82) is 0 Å². The first kappa shape index (κ1) is 23.0. The van der Waals surface area contributed by atoms with Gasteiger partial charge in [-0.3, -0.25) is 9.78 Å². The summed E-state index contributed by atoms with van der Waals surface area (Å²) in [5.74, 6) is 0.694. The monoisotopic (exact) mass is 442 g/mol. The van der Waals surface area contributed by atoms with Crippen molar-refractivity contribution in [2.75, 3.05) is 33.5 Å². The van der Waals surface area contributed by atoms with Crippen molar-refractivity contribution >= 4 is 29.1 Å². The van der Waals surface area contributed by atoms with E-state index in [4.69, 9.17) is 14.2 Å². The Kier molecular flexibility index (Phi) is 8.23. The summed E-state index contributed by atoms with van der Waals surface area (Å²) in [6.07, 6.45) is 5.82. The third kappa shape index (κ3) is 5.73. The third-order valence-electron chi connectivity index (χ3n) is 5.29. The van der Waals surface area contributed by atoms with Crippen LogP contribution in [-0.2, 0) is 9.47 Å². The Bertz CT molecular complexity index is 1000. The molecule has 0 radical (unpaired) electrons. The number of carbonyl (C=O) groups is 1. The van der Waals surface area contributed by atoms with Crippen molar-refractivity contribution in [3.05, 3.63) is 60.4 Å². The second kappa shape index (κ2) is 11.1. The quantitative estimate of drug-likeness (QED) is 0.554. The SMILES string of the molecule is CNC(=O)c1ccc2cncc(-c3ccc(OCCOC4CCOCC4)cc3)c2c1.Cl. The molecule has 1 saturated heterocycles. The molecule has 0 spiro atoms. The number of ether oxygens (including phenoxy) is 3. The molecule has 1 aliphatic heterocycles. The van der Waals surface area contributed by atoms with Crippen LogP contribution in [0.4, 0.5) is 0 Å². The normalized spacial score (nSPS) is 14.1. The molecule has 0 saturated carbocycles. The number of rotatable bonds is 7. The van der Waals surface area contributed by atoms with Crippen LogP contribution in [0.3, 0.4) is 0 Å². The number of benzene rings is 2. The van der Waals surface area contributed by atoms with Gasteiger partial charge in [0.05, 0.1) is 12.7 Å². The molecule has 0 bridgehead atoms. The Labute approximate surface area is 188 Å². The van der Waals surface area contributed by atoms with Crippen LogP contribution >= 0.6 is 12.4 Å². The van der Waals surface area contributed by atoms with Gasteiger partial charge in [0, 0.05) is 49.2 Å². The molecule has 0 unspecified atom stereocenters. The van der Waals surface area contributed by atoms with Crippen molar-refractivity contribution in [2.24, 2.45) is 0 Å². The van der Waals surface area contributed by atoms with Gasteiger partial charge >= 0.3 is 0 Å². The maximum atomic E-state index is 12.0. The molecule has 1 N–H and O–H groups in total. The maximum Gasteiger partial charge on any atom is 0.251 e. The molecule has 3 aromatic rings. The number of pyridine rings is 1. The molecule has 7 heteroatoms. The van der Waals surface area contributed by atoms with Gasteiger partial charge in [-0.2, -0.15) is 0 Å². The van der Waals surface area contributed by atoms with E-state index in [1.807, 2.05) is 54.9 Å². The van der Waals surface area contributed by atoms with Gasteiger partial charge in [0.25, 0.3) is 5.91 Å². The summed E-state index contributed by atoms with van der Waals surface area (Å²) in [5, 5.41) is 4.65. The van der Waals surface area contributed by atoms with E-state index in [1.165, 1.54) is 0 Å². The van der Waals surface area contributed by atoms with Crippen molar-refractivity contribution in [2.45, 2.75) is 18.9 Å². The van der Waals surface area contributed by atoms with Crippen LogP contribution in [0, 0.1) is 0 Å². The number of hydrogen-bond acceptors (Lipinski definition) is 5. The summed E-state index contributed by atoms with van der Waals surface area (Å²) in [4.78, 5) is 16.4. The summed E-state index contributed by atoms with van der Waals surface area (Å²) in [6, 6.07) is 13.6. The first-order valence-electron chi connectivity index (χ1n) is 10.3. The van der Waals surface area contributed by atoms with Crippen LogP contribution in [0.2, 0.25) is 0 Å². The molecule has 1 aliphatic rings. The molecule has 1 fully saturated rings. The molecule has 4 rings (SSSR count). The van der Waals surface area contributed by atoms with E-state index in [-0.39, 0.29) is 24.4 Å². The van der Waals surface area contributed by atoms with E-state index in [1.54, 1.807) is 7.05 Å². The number of aromatic nitrogens is 1. The van der Waals surface area contributed by atoms with Crippen molar-refractivity contribution in [1.82, 2.24) is 10.3 Å². The number of nitrogens with zero attached hydrogens (tertiary/aromatic N) is 1. The minimum absolute atomic E-state index is 0. The van der Waals surface area contributed by atoms with Crippen molar-refractivity contribution in [3.8, 4) is 16.9 Å². The summed E-state index contributed by atoms with van der Waals surface area (Å²) in [6.45, 7) is 2.64. The lowest BCUT2D eigenvalue weighted by Gasteiger charge is -2.22. The molecule has 0 aliphatic carbocycles. The summed E-state index contributed by atoms with van der Waals surface area (Å²) in [7, 11) is 1.63. The van der Waals surface area contributed by atoms with E-state index >= 15 is 0 Å². The Hall–Kier alpha value is -2.67. The zero-order chi connectivity index (χ0) is 20.8. The minimum Gasteiger partial charge on any atom is -0.491 e. The Balaban J connectivity index is 0.00000272. The molecule has 2 heterocycles. The van der Waals surface area contributed by atoms with E-state index in [0.29, 0.717) is 18.8 Å². The maximum absolute atomic E-state index is 12.0. The van der Waals surface area contributed by atoms with Crippen LogP contribution in [0.1, 0.15) is 23.2 Å². The number of amides is 1. The van der Waals surface area contributed by atoms with Gasteiger partial charge < -0.3 is 19.5 Å². The Morgan fingerprint density at radius 2 is 1.87 bits per heavy atom. The van der Waals surface area contributed by atoms with Crippen LogP contribution in [-0.4, -0.2) is 50.5 Å². The van der Waals surface area contributed by atoms with E-state index < -0.39 is 0 Å². The highest BCUT2D eigenvalue weighted by Crippen LogP contribution is 2.29. The standard InChI is InChI=1S/C24H26N2O4.ClH/c1-25-24(27)18-2-3-19-15-26-16-23(22(19)14-18)17-4-6-20(7-5-17)29-12-13-30-21-8-10-28-11-9-21;/h2-7,14-16,21H,8-13H2,1H3,(H,25,27);1H. The number of hydrogen-bond donors (Lipinski definition) is 1. The third-order valence-corrected chi connectivity index (χ3v) is 5.29. The largest absolute Gasteiger partial charge is 0.491 e. The second-order valence-electron chi connectivity index (χ2n) is 7.26. The van der Waals surface area contributed by atoms with Gasteiger partial charge in [0.2, 0.25) is 0 Å². The van der Waals surface area contributed by atoms with Crippen molar-refractivity contribution in [3.63, 3.8) is 0 Å². The number of nitrogens with one attached hydrogen (secondary N) is 1. The lowest BCUT2D eigenvalue weighted by molar-refractivity contribution is -0.0388. The average Bonchev–Trinajstić information content (AvgIpc) is 2.81. The van der Waals surface area contributed by atoms with Crippen molar-refractivity contribution < 1.29 is 19.0 Å². The van der Waals surface area contributed by atoms with Gasteiger partial charge in [-0.25, -0.2) is 0 Å². The zero-order valence-electron chi connectivity index (χ0n) is 17.5. The lowest BCUT2D eigenvalue weighted by Crippen LogP contribution is -2.25. The first-order chi connectivity index (χ1) is 14.7. The predicted molar refractivity (Wildman–Crippen MR) is 123 cm³/mol. The molecule has 31 heavy (non-hydrogen) atoms.